The SMILES string of the molecule is COc1ccc(C(OC[C@H]2O[C@@H](n3cnc4c(=O)[nH]c(NC(=O)c5ccccc5)nc43)[C@H](OP(OCCC#N)N(C(C)C)C(C)C)[C@@H]2OC)(c2ccccc2)c2ccc(OC)cc2)cc1. The zero-order valence-electron chi connectivity index (χ0n) is 37.4. The Kier molecular flexibility index (Phi) is 15.4. The first-order chi connectivity index (χ1) is 31.5. The highest BCUT2D eigenvalue weighted by molar-refractivity contribution is 7.44. The van der Waals surface area contributed by atoms with Crippen LogP contribution in [0.5, 0.6) is 11.5 Å². The van der Waals surface area contributed by atoms with Crippen molar-refractivity contribution in [2.75, 3.05) is 39.9 Å². The number of nitrogens with zero attached hydrogens (tertiary/aromatic N) is 5. The number of nitriles is 1. The van der Waals surface area contributed by atoms with Gasteiger partial charge in [-0.3, -0.25) is 24.5 Å². The summed E-state index contributed by atoms with van der Waals surface area (Å²) in [7, 11) is 2.97. The Morgan fingerprint density at radius 3 is 2.02 bits per heavy atom. The van der Waals surface area contributed by atoms with Gasteiger partial charge >= 0.3 is 0 Å². The van der Waals surface area contributed by atoms with Gasteiger partial charge in [0.15, 0.2) is 17.4 Å². The molecule has 1 fully saturated rings. The summed E-state index contributed by atoms with van der Waals surface area (Å²) in [4.78, 5) is 38.6. The van der Waals surface area contributed by atoms with Crippen LogP contribution >= 0.6 is 8.53 Å². The molecular weight excluding hydrogens is 850 g/mol. The second-order valence-corrected chi connectivity index (χ2v) is 17.2. The third-order valence-electron chi connectivity index (χ3n) is 11.0. The number of rotatable bonds is 20. The van der Waals surface area contributed by atoms with E-state index in [0.29, 0.717) is 17.1 Å². The number of aromatic amines is 1. The molecule has 1 aliphatic rings. The zero-order valence-corrected chi connectivity index (χ0v) is 38.3. The number of imidazole rings is 1. The lowest BCUT2D eigenvalue weighted by molar-refractivity contribution is -0.0980. The fourth-order valence-electron chi connectivity index (χ4n) is 8.08. The van der Waals surface area contributed by atoms with E-state index in [1.807, 2.05) is 107 Å². The minimum atomic E-state index is -1.84. The summed E-state index contributed by atoms with van der Waals surface area (Å²) in [6, 6.07) is 36.1. The summed E-state index contributed by atoms with van der Waals surface area (Å²) in [6.07, 6.45) is -1.95. The van der Waals surface area contributed by atoms with Crippen LogP contribution in [-0.2, 0) is 28.9 Å². The molecule has 65 heavy (non-hydrogen) atoms. The van der Waals surface area contributed by atoms with Crippen LogP contribution in [0.4, 0.5) is 5.95 Å². The Hall–Kier alpha value is -6.02. The van der Waals surface area contributed by atoms with Crippen LogP contribution < -0.4 is 20.3 Å². The molecule has 1 saturated heterocycles. The molecule has 3 heterocycles. The van der Waals surface area contributed by atoms with Crippen molar-refractivity contribution in [2.24, 2.45) is 0 Å². The van der Waals surface area contributed by atoms with Gasteiger partial charge in [0, 0.05) is 24.8 Å². The monoisotopic (exact) mass is 903 g/mol. The van der Waals surface area contributed by atoms with Gasteiger partial charge in [0.1, 0.15) is 35.4 Å². The number of methoxy groups -OCH3 is 3. The van der Waals surface area contributed by atoms with Crippen molar-refractivity contribution in [3.05, 3.63) is 148 Å². The number of aromatic nitrogens is 4. The number of ether oxygens (including phenoxy) is 5. The van der Waals surface area contributed by atoms with Gasteiger partial charge in [-0.05, 0) is 80.8 Å². The predicted octanol–water partition coefficient (Wildman–Crippen LogP) is 7.97. The number of hydrogen-bond donors (Lipinski definition) is 2. The highest BCUT2D eigenvalue weighted by atomic mass is 31.2. The Morgan fingerprint density at radius 2 is 1.46 bits per heavy atom. The van der Waals surface area contributed by atoms with E-state index in [-0.39, 0.29) is 48.8 Å². The zero-order chi connectivity index (χ0) is 46.1. The second kappa shape index (κ2) is 21.3. The molecule has 7 rings (SSSR count). The average molecular weight is 904 g/mol. The molecule has 17 heteroatoms. The molecule has 1 amide bonds. The molecule has 1 aliphatic heterocycles. The van der Waals surface area contributed by atoms with Gasteiger partial charge in [-0.1, -0.05) is 72.8 Å². The maximum absolute atomic E-state index is 13.6. The maximum Gasteiger partial charge on any atom is 0.280 e. The number of hydrogen-bond acceptors (Lipinski definition) is 13. The molecule has 1 unspecified atom stereocenters. The van der Waals surface area contributed by atoms with E-state index in [0.717, 1.165) is 16.7 Å². The van der Waals surface area contributed by atoms with Gasteiger partial charge in [-0.25, -0.2) is 9.65 Å². The molecule has 5 atom stereocenters. The number of benzene rings is 4. The third kappa shape index (κ3) is 10.1. The largest absolute Gasteiger partial charge is 0.497 e. The summed E-state index contributed by atoms with van der Waals surface area (Å²) in [5.41, 5.74) is 1.23. The predicted molar refractivity (Wildman–Crippen MR) is 246 cm³/mol. The van der Waals surface area contributed by atoms with E-state index >= 15 is 0 Å². The van der Waals surface area contributed by atoms with E-state index < -0.39 is 50.1 Å². The van der Waals surface area contributed by atoms with Crippen molar-refractivity contribution in [3.63, 3.8) is 0 Å². The van der Waals surface area contributed by atoms with Gasteiger partial charge in [0.25, 0.3) is 20.0 Å². The molecule has 6 aromatic rings. The summed E-state index contributed by atoms with van der Waals surface area (Å²) in [6.45, 7) is 8.28. The number of anilines is 1. The number of carbonyl (C=O) groups is 1. The van der Waals surface area contributed by atoms with E-state index in [9.17, 15) is 14.9 Å². The summed E-state index contributed by atoms with van der Waals surface area (Å²) in [5.74, 6) is 0.809. The van der Waals surface area contributed by atoms with Crippen molar-refractivity contribution in [1.82, 2.24) is 24.2 Å². The lowest BCUT2D eigenvalue weighted by Crippen LogP contribution is -2.42. The Bertz CT molecular complexity index is 2530. The van der Waals surface area contributed by atoms with Crippen molar-refractivity contribution in [2.45, 2.75) is 76.3 Å². The van der Waals surface area contributed by atoms with E-state index in [4.69, 9.17) is 37.7 Å². The summed E-state index contributed by atoms with van der Waals surface area (Å²) < 4.78 is 49.0. The van der Waals surface area contributed by atoms with E-state index in [1.165, 1.54) is 6.33 Å². The normalized spacial score (nSPS) is 18.0. The number of amides is 1. The van der Waals surface area contributed by atoms with E-state index in [2.05, 4.69) is 26.0 Å². The first-order valence-corrected chi connectivity index (χ1v) is 22.4. The highest BCUT2D eigenvalue weighted by Gasteiger charge is 2.51. The molecule has 2 aromatic heterocycles. The third-order valence-corrected chi connectivity index (χ3v) is 13.2. The van der Waals surface area contributed by atoms with Crippen LogP contribution in [0.25, 0.3) is 11.2 Å². The lowest BCUT2D eigenvalue weighted by Gasteiger charge is -2.38. The van der Waals surface area contributed by atoms with Crippen LogP contribution in [0.1, 0.15) is 67.4 Å². The molecule has 340 valence electrons. The van der Waals surface area contributed by atoms with Gasteiger partial charge < -0.3 is 32.7 Å². The number of fused-ring (bicyclic) bond motifs is 1. The van der Waals surface area contributed by atoms with Gasteiger partial charge in [0.2, 0.25) is 5.95 Å². The van der Waals surface area contributed by atoms with Gasteiger partial charge in [-0.15, -0.1) is 0 Å². The fourth-order valence-corrected chi connectivity index (χ4v) is 9.82. The quantitative estimate of drug-likeness (QED) is 0.0428. The van der Waals surface area contributed by atoms with Gasteiger partial charge in [0.05, 0.1) is 46.3 Å². The van der Waals surface area contributed by atoms with Crippen LogP contribution in [0.3, 0.4) is 0 Å². The maximum atomic E-state index is 13.6. The smallest absolute Gasteiger partial charge is 0.280 e. The molecule has 0 radical (unpaired) electrons. The van der Waals surface area contributed by atoms with Crippen molar-refractivity contribution in [3.8, 4) is 17.6 Å². The number of H-pyrrole nitrogens is 1. The molecule has 0 bridgehead atoms. The molecular formula is C48H54N7O9P. The summed E-state index contributed by atoms with van der Waals surface area (Å²) in [5, 5.41) is 12.2. The minimum Gasteiger partial charge on any atom is -0.497 e. The van der Waals surface area contributed by atoms with Crippen LogP contribution in [0, 0.1) is 11.3 Å². The molecule has 16 nitrogen and oxygen atoms in total. The fraction of sp³-hybridized carbons (Fsp3) is 0.354. The van der Waals surface area contributed by atoms with Crippen molar-refractivity contribution < 1.29 is 37.5 Å². The summed E-state index contributed by atoms with van der Waals surface area (Å²) >= 11 is 0. The average Bonchev–Trinajstić information content (AvgIpc) is 3.90. The Morgan fingerprint density at radius 1 is 0.877 bits per heavy atom. The Labute approximate surface area is 379 Å². The van der Waals surface area contributed by atoms with Gasteiger partial charge in [-0.2, -0.15) is 10.2 Å². The topological polar surface area (TPSA) is 184 Å². The van der Waals surface area contributed by atoms with Crippen LogP contribution in [-0.4, -0.2) is 95.0 Å². The van der Waals surface area contributed by atoms with Crippen LogP contribution in [0.15, 0.2) is 120 Å². The highest BCUT2D eigenvalue weighted by Crippen LogP contribution is 2.52. The molecule has 0 spiro atoms. The lowest BCUT2D eigenvalue weighted by atomic mass is 9.80. The van der Waals surface area contributed by atoms with E-state index in [1.54, 1.807) is 56.2 Å². The molecule has 4 aromatic carbocycles. The number of carbonyl (C=O) groups excluding carboxylic acids is 1. The minimum absolute atomic E-state index is 0.0133. The molecule has 0 aliphatic carbocycles. The number of nitrogens with one attached hydrogen (secondary N) is 2. The standard InChI is InChI=1S/C48H54N7O9P/c1-31(2)55(32(3)4)65(62-28-14-27-49)64-42-41(60-7)39(63-46(42)54-30-50-40-43(54)51-47(53-45(40)57)52-44(56)33-15-10-8-11-16-33)29-61-48(34-17-12-9-13-18-34,35-19-23-37(58-5)24-20-35)36-21-25-38(59-6)26-22-36/h8-13,15-26,30-32,39,41-42,46H,14,28-29H2,1-7H3,(H2,51,52,53,56,57)/t39-,41-,42-,46-,65?/m1/s1. The van der Waals surface area contributed by atoms with Crippen molar-refractivity contribution >= 4 is 31.5 Å². The first-order valence-electron chi connectivity index (χ1n) is 21.3. The Balaban J connectivity index is 1.34. The second-order valence-electron chi connectivity index (χ2n) is 15.8. The molecule has 2 N–H and O–H groups in total. The van der Waals surface area contributed by atoms with Crippen LogP contribution in [0.2, 0.25) is 0 Å². The first kappa shape index (κ1) is 47.0. The van der Waals surface area contributed by atoms with Crippen molar-refractivity contribution in [1.29, 1.82) is 5.26 Å². The molecule has 0 saturated carbocycles.